The van der Waals surface area contributed by atoms with Crippen molar-refractivity contribution < 1.29 is 33.1 Å². The Morgan fingerprint density at radius 1 is 0.889 bits per heavy atom. The largest absolute Gasteiger partial charge is 0.483 e. The van der Waals surface area contributed by atoms with E-state index in [1.807, 2.05) is 0 Å². The summed E-state index contributed by atoms with van der Waals surface area (Å²) in [5.41, 5.74) is 0. The standard InChI is InChI=1S/C9H19ClO5.CH2O2/c1-11-2-3-12-4-5-13-6-7-14-8-9-15-10;2-1-3/h2-9H2,1H3;1H,(H,2,3). The molecule has 0 aliphatic carbocycles. The maximum atomic E-state index is 8.36. The molecule has 1 N–H and O–H groups in total. The molecule has 0 unspecified atom stereocenters. The molecule has 0 aliphatic heterocycles. The van der Waals surface area contributed by atoms with Gasteiger partial charge in [-0.3, -0.25) is 9.08 Å². The van der Waals surface area contributed by atoms with Crippen molar-refractivity contribution in [3.05, 3.63) is 0 Å². The Kier molecular flexibility index (Phi) is 24.1. The smallest absolute Gasteiger partial charge is 0.290 e. The van der Waals surface area contributed by atoms with E-state index in [0.717, 1.165) is 0 Å². The summed E-state index contributed by atoms with van der Waals surface area (Å²) in [5, 5.41) is 6.89. The van der Waals surface area contributed by atoms with Crippen LogP contribution in [0.1, 0.15) is 0 Å². The Labute approximate surface area is 112 Å². The fourth-order valence-electron chi connectivity index (χ4n) is 0.775. The number of carboxylic acid groups (broad SMARTS) is 1. The first-order valence-electron chi connectivity index (χ1n) is 5.37. The second kappa shape index (κ2) is 21.8. The molecular formula is C10H21ClO7. The van der Waals surface area contributed by atoms with E-state index in [1.165, 1.54) is 0 Å². The molecule has 0 aromatic rings. The van der Waals surface area contributed by atoms with Gasteiger partial charge < -0.3 is 24.1 Å². The number of hydrogen-bond donors (Lipinski definition) is 1. The molecule has 8 heteroatoms. The van der Waals surface area contributed by atoms with Crippen LogP contribution in [-0.2, 0) is 28.0 Å². The van der Waals surface area contributed by atoms with Crippen LogP contribution < -0.4 is 0 Å². The van der Waals surface area contributed by atoms with E-state index >= 15 is 0 Å². The van der Waals surface area contributed by atoms with E-state index < -0.39 is 0 Å². The monoisotopic (exact) mass is 288 g/mol. The third-order valence-electron chi connectivity index (χ3n) is 1.48. The molecule has 18 heavy (non-hydrogen) atoms. The average Bonchev–Trinajstić information content (AvgIpc) is 2.37. The maximum Gasteiger partial charge on any atom is 0.290 e. The molecule has 0 aromatic carbocycles. The summed E-state index contributed by atoms with van der Waals surface area (Å²) < 4.78 is 24.7. The summed E-state index contributed by atoms with van der Waals surface area (Å²) in [4.78, 5) is 8.36. The van der Waals surface area contributed by atoms with Crippen LogP contribution >= 0.6 is 11.9 Å². The van der Waals surface area contributed by atoms with Gasteiger partial charge in [-0.05, 0) is 0 Å². The van der Waals surface area contributed by atoms with E-state index in [4.69, 9.17) is 40.7 Å². The van der Waals surface area contributed by atoms with Gasteiger partial charge >= 0.3 is 0 Å². The van der Waals surface area contributed by atoms with Gasteiger partial charge in [0, 0.05) is 7.11 Å². The van der Waals surface area contributed by atoms with Crippen LogP contribution in [-0.4, -0.2) is 71.5 Å². The number of ether oxygens (including phenoxy) is 4. The van der Waals surface area contributed by atoms with Crippen molar-refractivity contribution in [2.45, 2.75) is 0 Å². The van der Waals surface area contributed by atoms with Gasteiger partial charge in [-0.25, -0.2) is 0 Å². The Bertz CT molecular complexity index is 136. The first-order chi connectivity index (χ1) is 8.83. The predicted molar refractivity (Wildman–Crippen MR) is 64.8 cm³/mol. The molecule has 0 amide bonds. The zero-order valence-corrected chi connectivity index (χ0v) is 11.3. The minimum absolute atomic E-state index is 0.250. The van der Waals surface area contributed by atoms with E-state index in [-0.39, 0.29) is 6.47 Å². The van der Waals surface area contributed by atoms with Gasteiger partial charge in [-0.15, -0.1) is 0 Å². The number of rotatable bonds is 12. The molecule has 0 rings (SSSR count). The lowest BCUT2D eigenvalue weighted by Gasteiger charge is -2.05. The fraction of sp³-hybridized carbons (Fsp3) is 0.900. The molecule has 0 aromatic heterocycles. The molecule has 0 radical (unpaired) electrons. The molecular weight excluding hydrogens is 268 g/mol. The fourth-order valence-corrected chi connectivity index (χ4v) is 0.838. The normalized spacial score (nSPS) is 9.67. The van der Waals surface area contributed by atoms with E-state index in [9.17, 15) is 0 Å². The molecule has 0 spiro atoms. The molecule has 0 aliphatic rings. The zero-order chi connectivity index (χ0) is 13.9. The van der Waals surface area contributed by atoms with Crippen molar-refractivity contribution in [1.82, 2.24) is 0 Å². The van der Waals surface area contributed by atoms with Crippen LogP contribution in [0.15, 0.2) is 0 Å². The van der Waals surface area contributed by atoms with Gasteiger partial charge in [0.1, 0.15) is 0 Å². The van der Waals surface area contributed by atoms with Crippen LogP contribution in [0.4, 0.5) is 0 Å². The number of methoxy groups -OCH3 is 1. The molecule has 7 nitrogen and oxygen atoms in total. The molecule has 0 saturated carbocycles. The first kappa shape index (κ1) is 19.9. The van der Waals surface area contributed by atoms with Gasteiger partial charge in [0.25, 0.3) is 6.47 Å². The van der Waals surface area contributed by atoms with Crippen molar-refractivity contribution in [2.75, 3.05) is 60.0 Å². The highest BCUT2D eigenvalue weighted by Crippen LogP contribution is 1.83. The first-order valence-corrected chi connectivity index (χ1v) is 5.67. The van der Waals surface area contributed by atoms with Crippen LogP contribution in [0.5, 0.6) is 0 Å². The van der Waals surface area contributed by atoms with Gasteiger partial charge in [0.15, 0.2) is 0 Å². The van der Waals surface area contributed by atoms with Gasteiger partial charge in [-0.2, -0.15) is 0 Å². The average molecular weight is 289 g/mol. The molecule has 0 atom stereocenters. The van der Waals surface area contributed by atoms with Crippen LogP contribution in [0.3, 0.4) is 0 Å². The van der Waals surface area contributed by atoms with E-state index in [1.54, 1.807) is 7.11 Å². The topological polar surface area (TPSA) is 83.5 Å². The van der Waals surface area contributed by atoms with Gasteiger partial charge in [0.05, 0.1) is 64.7 Å². The van der Waals surface area contributed by atoms with Gasteiger partial charge in [-0.1, -0.05) is 0 Å². The summed E-state index contributed by atoms with van der Waals surface area (Å²) >= 11 is 4.99. The quantitative estimate of drug-likeness (QED) is 0.415. The second-order valence-electron chi connectivity index (χ2n) is 2.75. The van der Waals surface area contributed by atoms with Crippen LogP contribution in [0.25, 0.3) is 0 Å². The third-order valence-corrected chi connectivity index (χ3v) is 1.63. The van der Waals surface area contributed by atoms with Crippen LogP contribution in [0.2, 0.25) is 0 Å². The lowest BCUT2D eigenvalue weighted by atomic mass is 10.7. The molecule has 110 valence electrons. The highest BCUT2D eigenvalue weighted by Gasteiger charge is 1.91. The van der Waals surface area contributed by atoms with Crippen molar-refractivity contribution >= 4 is 18.3 Å². The summed E-state index contributed by atoms with van der Waals surface area (Å²) in [6, 6.07) is 0. The number of hydrogen-bond acceptors (Lipinski definition) is 6. The van der Waals surface area contributed by atoms with Crippen molar-refractivity contribution in [3.8, 4) is 0 Å². The highest BCUT2D eigenvalue weighted by molar-refractivity contribution is 6.07. The third kappa shape index (κ3) is 24.7. The van der Waals surface area contributed by atoms with Crippen molar-refractivity contribution in [2.24, 2.45) is 0 Å². The molecule has 0 heterocycles. The van der Waals surface area contributed by atoms with E-state index in [0.29, 0.717) is 52.9 Å². The SMILES string of the molecule is COCCOCCOCCOCCOCl.O=CO. The number of halogens is 1. The van der Waals surface area contributed by atoms with Crippen LogP contribution in [0, 0.1) is 0 Å². The molecule has 0 fully saturated rings. The lowest BCUT2D eigenvalue weighted by Crippen LogP contribution is -2.12. The summed E-state index contributed by atoms with van der Waals surface area (Å²) in [6.07, 6.45) is 0. The van der Waals surface area contributed by atoms with Crippen molar-refractivity contribution in [1.29, 1.82) is 0 Å². The van der Waals surface area contributed by atoms with E-state index in [2.05, 4.69) is 4.29 Å². The minimum atomic E-state index is -0.250. The van der Waals surface area contributed by atoms with Crippen molar-refractivity contribution in [3.63, 3.8) is 0 Å². The summed E-state index contributed by atoms with van der Waals surface area (Å²) in [7, 11) is 1.64. The Hall–Kier alpha value is -0.440. The van der Waals surface area contributed by atoms with Gasteiger partial charge in [0.2, 0.25) is 0 Å². The Balaban J connectivity index is 0. The second-order valence-corrected chi connectivity index (χ2v) is 2.97. The molecule has 0 bridgehead atoms. The molecule has 0 saturated heterocycles. The summed E-state index contributed by atoms with van der Waals surface area (Å²) in [5.74, 6) is 0. The maximum absolute atomic E-state index is 8.36. The predicted octanol–water partition coefficient (Wildman–Crippen LogP) is 0.554. The summed E-state index contributed by atoms with van der Waals surface area (Å²) in [6.45, 7) is 4.07. The lowest BCUT2D eigenvalue weighted by molar-refractivity contribution is -0.122. The zero-order valence-electron chi connectivity index (χ0n) is 10.5. The highest BCUT2D eigenvalue weighted by atomic mass is 35.5. The Morgan fingerprint density at radius 3 is 1.56 bits per heavy atom. The number of carbonyl (C=O) groups is 1. The Morgan fingerprint density at radius 2 is 1.22 bits per heavy atom. The minimum Gasteiger partial charge on any atom is -0.483 e.